The van der Waals surface area contributed by atoms with E-state index in [-0.39, 0.29) is 0 Å². The van der Waals surface area contributed by atoms with Crippen molar-refractivity contribution in [2.45, 2.75) is 13.0 Å². The number of nitrogens with one attached hydrogen (secondary N) is 1. The summed E-state index contributed by atoms with van der Waals surface area (Å²) in [6, 6.07) is 14.8. The Balaban J connectivity index is 1.35. The minimum atomic E-state index is 0.450. The van der Waals surface area contributed by atoms with Gasteiger partial charge in [-0.2, -0.15) is 10.2 Å². The van der Waals surface area contributed by atoms with Gasteiger partial charge in [-0.15, -0.1) is 0 Å². The molecule has 0 aliphatic carbocycles. The molecule has 3 aromatic rings. The molecule has 0 radical (unpaired) electrons. The lowest BCUT2D eigenvalue weighted by atomic mass is 9.94. The van der Waals surface area contributed by atoms with Crippen LogP contribution in [0.25, 0.3) is 10.8 Å². The van der Waals surface area contributed by atoms with Crippen LogP contribution in [-0.4, -0.2) is 82.1 Å². The van der Waals surface area contributed by atoms with Crippen LogP contribution < -0.4 is 19.9 Å². The number of hydrogen-bond acceptors (Lipinski definition) is 8. The Kier molecular flexibility index (Phi) is 7.52. The van der Waals surface area contributed by atoms with Gasteiger partial charge in [0.05, 0.1) is 18.2 Å². The lowest BCUT2D eigenvalue weighted by Gasteiger charge is -2.36. The van der Waals surface area contributed by atoms with Crippen molar-refractivity contribution in [2.24, 2.45) is 0 Å². The second-order valence-corrected chi connectivity index (χ2v) is 10.4. The second-order valence-electron chi connectivity index (χ2n) is 10.0. The minimum Gasteiger partial charge on any atom is -0.475 e. The molecule has 3 aliphatic heterocycles. The predicted octanol–water partition coefficient (Wildman–Crippen LogP) is 3.44. The number of piperazine rings is 1. The lowest BCUT2D eigenvalue weighted by molar-refractivity contribution is 0.0320. The van der Waals surface area contributed by atoms with Gasteiger partial charge in [0.25, 0.3) is 0 Å². The fraction of sp³-hybridized carbons (Fsp3) is 0.448. The first kappa shape index (κ1) is 25.2. The van der Waals surface area contributed by atoms with Crippen molar-refractivity contribution in [1.82, 2.24) is 15.2 Å². The molecular formula is C29H33ClN6O2. The van der Waals surface area contributed by atoms with E-state index in [2.05, 4.69) is 50.4 Å². The van der Waals surface area contributed by atoms with Crippen molar-refractivity contribution < 1.29 is 9.47 Å². The zero-order chi connectivity index (χ0) is 25.9. The van der Waals surface area contributed by atoms with Crippen molar-refractivity contribution in [1.29, 1.82) is 5.26 Å². The molecule has 3 aliphatic rings. The smallest absolute Gasteiger partial charge is 0.234 e. The van der Waals surface area contributed by atoms with Crippen LogP contribution in [0, 0.1) is 11.3 Å². The molecule has 0 saturated carbocycles. The first-order chi connectivity index (χ1) is 18.7. The highest BCUT2D eigenvalue weighted by Crippen LogP contribution is 2.39. The molecule has 2 saturated heterocycles. The molecule has 0 amide bonds. The molecule has 0 unspecified atom stereocenters. The molecule has 2 fully saturated rings. The molecule has 9 heteroatoms. The van der Waals surface area contributed by atoms with Crippen molar-refractivity contribution in [2.75, 3.05) is 82.0 Å². The highest BCUT2D eigenvalue weighted by atomic mass is 35.5. The molecule has 1 N–H and O–H groups in total. The summed E-state index contributed by atoms with van der Waals surface area (Å²) in [6.45, 7) is 9.66. The van der Waals surface area contributed by atoms with Crippen LogP contribution in [-0.2, 0) is 17.7 Å². The van der Waals surface area contributed by atoms with Gasteiger partial charge in [-0.25, -0.2) is 0 Å². The molecule has 0 bridgehead atoms. The SMILES string of the molecule is N#Cc1c(OCCN2CCOCC2)nc(N2CCNCC2)c2c1CN(c1cccc3cccc(Cl)c13)CC2. The molecule has 1 aromatic heterocycles. The molecule has 0 atom stereocenters. The zero-order valence-electron chi connectivity index (χ0n) is 21.6. The largest absolute Gasteiger partial charge is 0.475 e. The average Bonchev–Trinajstić information content (AvgIpc) is 2.97. The summed E-state index contributed by atoms with van der Waals surface area (Å²) in [7, 11) is 0. The summed E-state index contributed by atoms with van der Waals surface area (Å²) >= 11 is 6.68. The van der Waals surface area contributed by atoms with Crippen LogP contribution in [0.4, 0.5) is 11.5 Å². The van der Waals surface area contributed by atoms with E-state index in [4.69, 9.17) is 26.1 Å². The van der Waals surface area contributed by atoms with Gasteiger partial charge in [-0.3, -0.25) is 4.90 Å². The number of halogens is 1. The van der Waals surface area contributed by atoms with Gasteiger partial charge >= 0.3 is 0 Å². The maximum atomic E-state index is 10.3. The Bertz CT molecular complexity index is 1340. The first-order valence-electron chi connectivity index (χ1n) is 13.5. The topological polar surface area (TPSA) is 76.9 Å². The number of benzene rings is 2. The maximum Gasteiger partial charge on any atom is 0.234 e. The quantitative estimate of drug-likeness (QED) is 0.517. The van der Waals surface area contributed by atoms with Gasteiger partial charge in [0, 0.05) is 81.1 Å². The molecular weight excluding hydrogens is 500 g/mol. The third-order valence-corrected chi connectivity index (χ3v) is 8.10. The van der Waals surface area contributed by atoms with Crippen LogP contribution in [0.15, 0.2) is 36.4 Å². The number of aromatic nitrogens is 1. The summed E-state index contributed by atoms with van der Waals surface area (Å²) in [4.78, 5) is 12.0. The number of morpholine rings is 1. The number of fused-ring (bicyclic) bond motifs is 2. The molecule has 38 heavy (non-hydrogen) atoms. The highest BCUT2D eigenvalue weighted by Gasteiger charge is 2.30. The van der Waals surface area contributed by atoms with E-state index in [9.17, 15) is 5.26 Å². The number of nitrogens with zero attached hydrogens (tertiary/aromatic N) is 5. The van der Waals surface area contributed by atoms with Crippen LogP contribution in [0.3, 0.4) is 0 Å². The maximum absolute atomic E-state index is 10.3. The van der Waals surface area contributed by atoms with Gasteiger partial charge in [-0.05, 0) is 23.9 Å². The monoisotopic (exact) mass is 532 g/mol. The van der Waals surface area contributed by atoms with Crippen LogP contribution in [0.1, 0.15) is 16.7 Å². The third kappa shape index (κ3) is 4.99. The second kappa shape index (κ2) is 11.3. The number of hydrogen-bond donors (Lipinski definition) is 1. The number of ether oxygens (including phenoxy) is 2. The van der Waals surface area contributed by atoms with Crippen LogP contribution >= 0.6 is 11.6 Å². The van der Waals surface area contributed by atoms with Crippen LogP contribution in [0.2, 0.25) is 5.02 Å². The minimum absolute atomic E-state index is 0.450. The van der Waals surface area contributed by atoms with Gasteiger partial charge in [0.2, 0.25) is 5.88 Å². The standard InChI is InChI=1S/C29H33ClN6O2/c30-25-5-1-3-21-4-2-6-26(27(21)25)36-10-7-22-24(20-36)23(19-31)29(33-28(22)35-11-8-32-9-12-35)38-18-15-34-13-16-37-17-14-34/h1-6,32H,7-18,20H2. The van der Waals surface area contributed by atoms with Crippen molar-refractivity contribution >= 4 is 33.9 Å². The van der Waals surface area contributed by atoms with Crippen molar-refractivity contribution in [3.63, 3.8) is 0 Å². The Morgan fingerprint density at radius 1 is 1.00 bits per heavy atom. The van der Waals surface area contributed by atoms with E-state index in [1.54, 1.807) is 0 Å². The Morgan fingerprint density at radius 2 is 1.79 bits per heavy atom. The van der Waals surface area contributed by atoms with E-state index in [1.807, 2.05) is 12.1 Å². The average molecular weight is 533 g/mol. The number of anilines is 2. The van der Waals surface area contributed by atoms with E-state index < -0.39 is 0 Å². The van der Waals surface area contributed by atoms with E-state index >= 15 is 0 Å². The third-order valence-electron chi connectivity index (χ3n) is 7.79. The van der Waals surface area contributed by atoms with Gasteiger partial charge in [-0.1, -0.05) is 35.9 Å². The number of rotatable bonds is 6. The summed E-state index contributed by atoms with van der Waals surface area (Å²) in [6.07, 6.45) is 0.811. The summed E-state index contributed by atoms with van der Waals surface area (Å²) in [5, 5.41) is 16.7. The van der Waals surface area contributed by atoms with E-state index in [0.29, 0.717) is 24.6 Å². The number of nitriles is 1. The first-order valence-corrected chi connectivity index (χ1v) is 13.9. The summed E-state index contributed by atoms with van der Waals surface area (Å²) in [5.41, 5.74) is 3.84. The molecule has 198 valence electrons. The molecule has 2 aromatic carbocycles. The van der Waals surface area contributed by atoms with Crippen molar-refractivity contribution in [3.8, 4) is 11.9 Å². The normalized spacial score (nSPS) is 18.3. The van der Waals surface area contributed by atoms with E-state index in [0.717, 1.165) is 105 Å². The zero-order valence-corrected chi connectivity index (χ0v) is 22.3. The summed E-state index contributed by atoms with van der Waals surface area (Å²) < 4.78 is 11.7. The van der Waals surface area contributed by atoms with E-state index in [1.165, 1.54) is 5.56 Å². The fourth-order valence-electron chi connectivity index (χ4n) is 5.79. The van der Waals surface area contributed by atoms with Crippen LogP contribution in [0.5, 0.6) is 5.88 Å². The number of pyridine rings is 1. The summed E-state index contributed by atoms with van der Waals surface area (Å²) in [5.74, 6) is 1.42. The van der Waals surface area contributed by atoms with Crippen molar-refractivity contribution in [3.05, 3.63) is 58.1 Å². The predicted molar refractivity (Wildman–Crippen MR) is 151 cm³/mol. The molecule has 4 heterocycles. The molecule has 0 spiro atoms. The van der Waals surface area contributed by atoms with Gasteiger partial charge < -0.3 is 24.6 Å². The van der Waals surface area contributed by atoms with Gasteiger partial charge in [0.1, 0.15) is 24.1 Å². The van der Waals surface area contributed by atoms with Gasteiger partial charge in [0.15, 0.2) is 0 Å². The fourth-order valence-corrected chi connectivity index (χ4v) is 6.07. The molecule has 6 rings (SSSR count). The highest BCUT2D eigenvalue weighted by molar-refractivity contribution is 6.36. The lowest BCUT2D eigenvalue weighted by Crippen LogP contribution is -2.45. The Labute approximate surface area is 228 Å². The molecule has 8 nitrogen and oxygen atoms in total. The Morgan fingerprint density at radius 3 is 2.58 bits per heavy atom. The Hall–Kier alpha value is -3.09.